The van der Waals surface area contributed by atoms with Crippen LogP contribution in [0.3, 0.4) is 0 Å². The van der Waals surface area contributed by atoms with E-state index in [0.717, 1.165) is 12.8 Å². The molecule has 1 aromatic carbocycles. The fraction of sp³-hybridized carbons (Fsp3) is 0.526. The third-order valence-electron chi connectivity index (χ3n) is 4.53. The van der Waals surface area contributed by atoms with Crippen LogP contribution >= 0.6 is 11.6 Å². The van der Waals surface area contributed by atoms with Gasteiger partial charge < -0.3 is 9.64 Å². The molecule has 0 aliphatic carbocycles. The van der Waals surface area contributed by atoms with E-state index in [2.05, 4.69) is 6.58 Å². The number of likely N-dealkylation sites (tertiary alicyclic amines) is 1. The predicted molar refractivity (Wildman–Crippen MR) is 103 cm³/mol. The number of nitrogens with zero attached hydrogens (tertiary/aromatic N) is 1. The summed E-state index contributed by atoms with van der Waals surface area (Å²) in [6, 6.07) is 6.11. The molecule has 0 bridgehead atoms. The molecule has 0 aromatic heterocycles. The van der Waals surface area contributed by atoms with Crippen molar-refractivity contribution >= 4 is 27.3 Å². The Balaban J connectivity index is 1.72. The van der Waals surface area contributed by atoms with Gasteiger partial charge in [-0.3, -0.25) is 4.79 Å². The normalized spacial score (nSPS) is 15.8. The number of carbonyl (C=O) groups is 1. The van der Waals surface area contributed by atoms with Crippen LogP contribution in [0.5, 0.6) is 0 Å². The first kappa shape index (κ1) is 20.9. The topological polar surface area (TPSA) is 63.7 Å². The second-order valence-corrected chi connectivity index (χ2v) is 9.07. The van der Waals surface area contributed by atoms with Crippen molar-refractivity contribution in [3.05, 3.63) is 41.9 Å². The van der Waals surface area contributed by atoms with E-state index in [9.17, 15) is 13.2 Å². The summed E-state index contributed by atoms with van der Waals surface area (Å²) in [7, 11) is -3.38. The first-order chi connectivity index (χ1) is 12.4. The Morgan fingerprint density at radius 1 is 1.27 bits per heavy atom. The first-order valence-corrected chi connectivity index (χ1v) is 10.9. The highest BCUT2D eigenvalue weighted by atomic mass is 35.5. The molecule has 1 aliphatic rings. The molecule has 7 heteroatoms. The summed E-state index contributed by atoms with van der Waals surface area (Å²) in [6.07, 6.45) is 4.16. The van der Waals surface area contributed by atoms with Crippen LogP contribution in [0, 0.1) is 5.92 Å². The van der Waals surface area contributed by atoms with Crippen molar-refractivity contribution in [1.29, 1.82) is 0 Å². The Hall–Kier alpha value is -1.37. The van der Waals surface area contributed by atoms with Gasteiger partial charge in [-0.1, -0.05) is 17.7 Å². The highest BCUT2D eigenvalue weighted by Gasteiger charge is 2.23. The quantitative estimate of drug-likeness (QED) is 0.472. The largest absolute Gasteiger partial charge is 0.377 e. The Kier molecular flexibility index (Phi) is 8.13. The lowest BCUT2D eigenvalue weighted by Crippen LogP contribution is -2.39. The summed E-state index contributed by atoms with van der Waals surface area (Å²) in [5.74, 6) is 0.470. The van der Waals surface area contributed by atoms with E-state index in [0.29, 0.717) is 43.7 Å². The Bertz CT molecular complexity index is 695. The number of hydrogen-bond donors (Lipinski definition) is 0. The molecule has 1 fully saturated rings. The van der Waals surface area contributed by atoms with Crippen LogP contribution in [-0.4, -0.2) is 51.3 Å². The minimum Gasteiger partial charge on any atom is -0.377 e. The van der Waals surface area contributed by atoms with Gasteiger partial charge >= 0.3 is 0 Å². The van der Waals surface area contributed by atoms with E-state index in [1.165, 1.54) is 12.1 Å². The van der Waals surface area contributed by atoms with Crippen LogP contribution in [0.2, 0.25) is 5.02 Å². The van der Waals surface area contributed by atoms with Crippen LogP contribution in [0.25, 0.3) is 0 Å². The number of benzene rings is 1. The molecule has 144 valence electrons. The zero-order chi connectivity index (χ0) is 19.0. The van der Waals surface area contributed by atoms with Gasteiger partial charge in [-0.15, -0.1) is 6.58 Å². The number of amides is 1. The van der Waals surface area contributed by atoms with Crippen molar-refractivity contribution in [3.63, 3.8) is 0 Å². The highest BCUT2D eigenvalue weighted by Crippen LogP contribution is 2.20. The third kappa shape index (κ3) is 6.41. The maximum absolute atomic E-state index is 12.3. The second-order valence-electron chi connectivity index (χ2n) is 6.53. The smallest absolute Gasteiger partial charge is 0.222 e. The number of halogens is 1. The van der Waals surface area contributed by atoms with Gasteiger partial charge in [-0.05, 0) is 49.4 Å². The minimum atomic E-state index is -3.38. The summed E-state index contributed by atoms with van der Waals surface area (Å²) < 4.78 is 30.0. The molecule has 0 saturated carbocycles. The number of ether oxygens (including phenoxy) is 1. The second kappa shape index (κ2) is 10.1. The maximum Gasteiger partial charge on any atom is 0.222 e. The van der Waals surface area contributed by atoms with Gasteiger partial charge in [-0.25, -0.2) is 8.42 Å². The molecule has 0 spiro atoms. The molecular formula is C19H26ClNO4S. The van der Waals surface area contributed by atoms with Gasteiger partial charge in [0.25, 0.3) is 0 Å². The molecular weight excluding hydrogens is 374 g/mol. The lowest BCUT2D eigenvalue weighted by atomic mass is 9.97. The van der Waals surface area contributed by atoms with Crippen LogP contribution in [0.1, 0.15) is 25.7 Å². The van der Waals surface area contributed by atoms with E-state index in [1.54, 1.807) is 18.2 Å². The molecule has 1 aromatic rings. The molecule has 1 amide bonds. The van der Waals surface area contributed by atoms with E-state index >= 15 is 0 Å². The van der Waals surface area contributed by atoms with E-state index in [4.69, 9.17) is 16.3 Å². The summed E-state index contributed by atoms with van der Waals surface area (Å²) in [5, 5.41) is 0.498. The fourth-order valence-corrected chi connectivity index (χ4v) is 4.44. The van der Waals surface area contributed by atoms with Crippen LogP contribution in [0.15, 0.2) is 41.8 Å². The summed E-state index contributed by atoms with van der Waals surface area (Å²) >= 11 is 5.78. The summed E-state index contributed by atoms with van der Waals surface area (Å²) in [4.78, 5) is 14.4. The zero-order valence-electron chi connectivity index (χ0n) is 14.9. The Morgan fingerprint density at radius 3 is 2.54 bits per heavy atom. The van der Waals surface area contributed by atoms with Crippen LogP contribution < -0.4 is 0 Å². The number of carbonyl (C=O) groups excluding carboxylic acids is 1. The van der Waals surface area contributed by atoms with Crippen LogP contribution in [-0.2, 0) is 19.4 Å². The third-order valence-corrected chi connectivity index (χ3v) is 6.60. The molecule has 0 unspecified atom stereocenters. The highest BCUT2D eigenvalue weighted by molar-refractivity contribution is 7.91. The average molecular weight is 400 g/mol. The van der Waals surface area contributed by atoms with E-state index in [-0.39, 0.29) is 23.0 Å². The van der Waals surface area contributed by atoms with Crippen molar-refractivity contribution in [3.8, 4) is 0 Å². The lowest BCUT2D eigenvalue weighted by molar-refractivity contribution is -0.132. The molecule has 0 atom stereocenters. The Labute approximate surface area is 160 Å². The van der Waals surface area contributed by atoms with E-state index < -0.39 is 9.84 Å². The van der Waals surface area contributed by atoms with Crippen molar-refractivity contribution in [2.24, 2.45) is 5.92 Å². The van der Waals surface area contributed by atoms with Crippen molar-refractivity contribution < 1.29 is 17.9 Å². The van der Waals surface area contributed by atoms with Crippen molar-refractivity contribution in [2.45, 2.75) is 30.6 Å². The SMILES string of the molecule is C=CCOCC1CCN(C(=O)CCCS(=O)(=O)c2ccc(Cl)cc2)CC1. The molecule has 2 rings (SSSR count). The molecule has 26 heavy (non-hydrogen) atoms. The number of sulfone groups is 1. The lowest BCUT2D eigenvalue weighted by Gasteiger charge is -2.32. The molecule has 0 radical (unpaired) electrons. The van der Waals surface area contributed by atoms with Crippen molar-refractivity contribution in [1.82, 2.24) is 4.90 Å². The van der Waals surface area contributed by atoms with Crippen LogP contribution in [0.4, 0.5) is 0 Å². The van der Waals surface area contributed by atoms with Gasteiger partial charge in [0.2, 0.25) is 5.91 Å². The standard InChI is InChI=1S/C19H26ClNO4S/c1-2-13-25-15-16-9-11-21(12-10-16)19(22)4-3-14-26(23,24)18-7-5-17(20)6-8-18/h2,5-8,16H,1,3-4,9-15H2. The average Bonchev–Trinajstić information content (AvgIpc) is 2.62. The molecule has 1 heterocycles. The first-order valence-electron chi connectivity index (χ1n) is 8.87. The van der Waals surface area contributed by atoms with Gasteiger partial charge in [0, 0.05) is 31.1 Å². The number of piperidine rings is 1. The zero-order valence-corrected chi connectivity index (χ0v) is 16.5. The number of hydrogen-bond acceptors (Lipinski definition) is 4. The van der Waals surface area contributed by atoms with Gasteiger partial charge in [0.05, 0.1) is 17.3 Å². The van der Waals surface area contributed by atoms with E-state index in [1.807, 2.05) is 4.90 Å². The van der Waals surface area contributed by atoms with Crippen molar-refractivity contribution in [2.75, 3.05) is 32.1 Å². The Morgan fingerprint density at radius 2 is 1.92 bits per heavy atom. The molecule has 0 N–H and O–H groups in total. The molecule has 5 nitrogen and oxygen atoms in total. The predicted octanol–water partition coefficient (Wildman–Crippen LogP) is 3.34. The summed E-state index contributed by atoms with van der Waals surface area (Å²) in [5.41, 5.74) is 0. The maximum atomic E-state index is 12.3. The molecule has 1 saturated heterocycles. The van der Waals surface area contributed by atoms with Gasteiger partial charge in [-0.2, -0.15) is 0 Å². The monoisotopic (exact) mass is 399 g/mol. The number of rotatable bonds is 9. The summed E-state index contributed by atoms with van der Waals surface area (Å²) in [6.45, 7) is 6.31. The minimum absolute atomic E-state index is 0.0294. The molecule has 1 aliphatic heterocycles. The van der Waals surface area contributed by atoms with Gasteiger partial charge in [0.15, 0.2) is 9.84 Å². The van der Waals surface area contributed by atoms with Gasteiger partial charge in [0.1, 0.15) is 0 Å². The fourth-order valence-electron chi connectivity index (χ4n) is 3.00.